The first-order chi connectivity index (χ1) is 9.16. The lowest BCUT2D eigenvalue weighted by atomic mass is 10.0. The van der Waals surface area contributed by atoms with Crippen LogP contribution >= 0.6 is 15.9 Å². The number of halogens is 1. The van der Waals surface area contributed by atoms with Gasteiger partial charge < -0.3 is 10.2 Å². The summed E-state index contributed by atoms with van der Waals surface area (Å²) in [6.45, 7) is 2.06. The lowest BCUT2D eigenvalue weighted by Gasteiger charge is -2.11. The standard InChI is InChI=1S/C16H14BrNO/c1-10-5-2-3-7-12(10)15(18)14-9-11-6-4-8-13(17)16(11)19-14/h2-9,15H,18H2,1H3. The van der Waals surface area contributed by atoms with Crippen LogP contribution in [0.1, 0.15) is 22.9 Å². The van der Waals surface area contributed by atoms with Gasteiger partial charge in [0.05, 0.1) is 10.5 Å². The third-order valence-electron chi connectivity index (χ3n) is 3.35. The minimum atomic E-state index is -0.236. The van der Waals surface area contributed by atoms with Crippen LogP contribution in [-0.4, -0.2) is 0 Å². The van der Waals surface area contributed by atoms with Crippen molar-refractivity contribution in [3.63, 3.8) is 0 Å². The van der Waals surface area contributed by atoms with E-state index in [1.54, 1.807) is 0 Å². The normalized spacial score (nSPS) is 12.8. The van der Waals surface area contributed by atoms with Crippen LogP contribution in [0.4, 0.5) is 0 Å². The number of para-hydroxylation sites is 1. The maximum Gasteiger partial charge on any atom is 0.148 e. The highest BCUT2D eigenvalue weighted by molar-refractivity contribution is 9.10. The molecule has 0 aliphatic rings. The van der Waals surface area contributed by atoms with Crippen molar-refractivity contribution in [3.05, 3.63) is 69.9 Å². The minimum absolute atomic E-state index is 0.236. The van der Waals surface area contributed by atoms with Crippen LogP contribution in [0.5, 0.6) is 0 Å². The largest absolute Gasteiger partial charge is 0.458 e. The summed E-state index contributed by atoms with van der Waals surface area (Å²) in [6, 6.07) is 15.9. The van der Waals surface area contributed by atoms with Gasteiger partial charge in [-0.3, -0.25) is 0 Å². The van der Waals surface area contributed by atoms with Gasteiger partial charge in [0.1, 0.15) is 11.3 Å². The first-order valence-electron chi connectivity index (χ1n) is 6.16. The number of aryl methyl sites for hydroxylation is 1. The Morgan fingerprint density at radius 1 is 1.11 bits per heavy atom. The van der Waals surface area contributed by atoms with Crippen molar-refractivity contribution in [2.45, 2.75) is 13.0 Å². The molecule has 19 heavy (non-hydrogen) atoms. The van der Waals surface area contributed by atoms with Crippen LogP contribution < -0.4 is 5.73 Å². The van der Waals surface area contributed by atoms with Gasteiger partial charge in [0.15, 0.2) is 0 Å². The Morgan fingerprint density at radius 3 is 2.63 bits per heavy atom. The molecule has 1 heterocycles. The van der Waals surface area contributed by atoms with Gasteiger partial charge in [-0.25, -0.2) is 0 Å². The number of fused-ring (bicyclic) bond motifs is 1. The van der Waals surface area contributed by atoms with Gasteiger partial charge in [-0.05, 0) is 46.1 Å². The molecule has 2 aromatic carbocycles. The molecule has 0 saturated carbocycles. The van der Waals surface area contributed by atoms with Gasteiger partial charge in [0.2, 0.25) is 0 Å². The second-order valence-corrected chi connectivity index (χ2v) is 5.50. The molecule has 0 bridgehead atoms. The minimum Gasteiger partial charge on any atom is -0.458 e. The first-order valence-corrected chi connectivity index (χ1v) is 6.95. The average Bonchev–Trinajstić information content (AvgIpc) is 2.84. The molecule has 0 spiro atoms. The zero-order valence-electron chi connectivity index (χ0n) is 10.6. The van der Waals surface area contributed by atoms with Crippen molar-refractivity contribution in [3.8, 4) is 0 Å². The fraction of sp³-hybridized carbons (Fsp3) is 0.125. The van der Waals surface area contributed by atoms with Crippen LogP contribution in [0, 0.1) is 6.92 Å². The molecule has 1 atom stereocenters. The Hall–Kier alpha value is -1.58. The van der Waals surface area contributed by atoms with Crippen LogP contribution in [0.25, 0.3) is 11.0 Å². The van der Waals surface area contributed by atoms with Gasteiger partial charge in [-0.15, -0.1) is 0 Å². The van der Waals surface area contributed by atoms with E-state index in [-0.39, 0.29) is 6.04 Å². The fourth-order valence-electron chi connectivity index (χ4n) is 2.29. The third-order valence-corrected chi connectivity index (χ3v) is 3.97. The average molecular weight is 316 g/mol. The highest BCUT2D eigenvalue weighted by Gasteiger charge is 2.16. The lowest BCUT2D eigenvalue weighted by molar-refractivity contribution is 0.523. The van der Waals surface area contributed by atoms with Crippen LogP contribution in [0.3, 0.4) is 0 Å². The number of furan rings is 1. The maximum absolute atomic E-state index is 6.32. The van der Waals surface area contributed by atoms with Gasteiger partial charge in [-0.1, -0.05) is 36.4 Å². The van der Waals surface area contributed by atoms with E-state index < -0.39 is 0 Å². The molecular formula is C16H14BrNO. The van der Waals surface area contributed by atoms with E-state index in [0.29, 0.717) is 0 Å². The molecule has 0 saturated heterocycles. The summed E-state index contributed by atoms with van der Waals surface area (Å²) in [5.41, 5.74) is 9.44. The zero-order valence-corrected chi connectivity index (χ0v) is 12.1. The third kappa shape index (κ3) is 2.20. The Morgan fingerprint density at radius 2 is 1.89 bits per heavy atom. The molecule has 2 N–H and O–H groups in total. The highest BCUT2D eigenvalue weighted by Crippen LogP contribution is 2.31. The summed E-state index contributed by atoms with van der Waals surface area (Å²) in [7, 11) is 0. The van der Waals surface area contributed by atoms with Crippen molar-refractivity contribution in [2.75, 3.05) is 0 Å². The van der Waals surface area contributed by atoms with Crippen molar-refractivity contribution in [2.24, 2.45) is 5.73 Å². The fourth-order valence-corrected chi connectivity index (χ4v) is 2.75. The van der Waals surface area contributed by atoms with Crippen LogP contribution in [-0.2, 0) is 0 Å². The molecule has 0 fully saturated rings. The van der Waals surface area contributed by atoms with Crippen molar-refractivity contribution in [1.29, 1.82) is 0 Å². The Kier molecular flexibility index (Phi) is 3.17. The smallest absolute Gasteiger partial charge is 0.148 e. The molecule has 2 nitrogen and oxygen atoms in total. The second kappa shape index (κ2) is 4.83. The molecular weight excluding hydrogens is 302 g/mol. The predicted molar refractivity (Wildman–Crippen MR) is 81.1 cm³/mol. The van der Waals surface area contributed by atoms with Crippen LogP contribution in [0.15, 0.2) is 57.4 Å². The summed E-state index contributed by atoms with van der Waals surface area (Å²) < 4.78 is 6.85. The molecule has 3 rings (SSSR count). The van der Waals surface area contributed by atoms with Gasteiger partial charge in [-0.2, -0.15) is 0 Å². The van der Waals surface area contributed by atoms with Gasteiger partial charge in [0.25, 0.3) is 0 Å². The van der Waals surface area contributed by atoms with Crippen molar-refractivity contribution >= 4 is 26.9 Å². The molecule has 3 heteroatoms. The SMILES string of the molecule is Cc1ccccc1C(N)c1cc2cccc(Br)c2o1. The van der Waals surface area contributed by atoms with E-state index in [0.717, 1.165) is 26.8 Å². The molecule has 0 aliphatic heterocycles. The summed E-state index contributed by atoms with van der Waals surface area (Å²) in [4.78, 5) is 0. The molecule has 1 unspecified atom stereocenters. The zero-order chi connectivity index (χ0) is 13.4. The van der Waals surface area contributed by atoms with Gasteiger partial charge in [0, 0.05) is 5.39 Å². The number of hydrogen-bond donors (Lipinski definition) is 1. The molecule has 0 radical (unpaired) electrons. The number of hydrogen-bond acceptors (Lipinski definition) is 2. The Labute approximate surface area is 120 Å². The van der Waals surface area contributed by atoms with Crippen molar-refractivity contribution < 1.29 is 4.42 Å². The summed E-state index contributed by atoms with van der Waals surface area (Å²) in [5.74, 6) is 0.788. The number of benzene rings is 2. The van der Waals surface area contributed by atoms with E-state index in [2.05, 4.69) is 28.9 Å². The summed E-state index contributed by atoms with van der Waals surface area (Å²) >= 11 is 3.50. The molecule has 0 amide bonds. The highest BCUT2D eigenvalue weighted by atomic mass is 79.9. The molecule has 1 aromatic heterocycles. The number of nitrogens with two attached hydrogens (primary N) is 1. The number of rotatable bonds is 2. The molecule has 0 aliphatic carbocycles. The maximum atomic E-state index is 6.32. The van der Waals surface area contributed by atoms with E-state index in [4.69, 9.17) is 10.2 Å². The monoisotopic (exact) mass is 315 g/mol. The Bertz CT molecular complexity index is 732. The second-order valence-electron chi connectivity index (χ2n) is 4.64. The van der Waals surface area contributed by atoms with E-state index in [1.807, 2.05) is 42.5 Å². The first kappa shape index (κ1) is 12.5. The molecule has 96 valence electrons. The van der Waals surface area contributed by atoms with E-state index in [1.165, 1.54) is 5.56 Å². The van der Waals surface area contributed by atoms with E-state index in [9.17, 15) is 0 Å². The quantitative estimate of drug-likeness (QED) is 0.753. The lowest BCUT2D eigenvalue weighted by Crippen LogP contribution is -2.12. The predicted octanol–water partition coefficient (Wildman–Crippen LogP) is 4.55. The van der Waals surface area contributed by atoms with Crippen LogP contribution in [0.2, 0.25) is 0 Å². The van der Waals surface area contributed by atoms with Gasteiger partial charge >= 0.3 is 0 Å². The topological polar surface area (TPSA) is 39.2 Å². The van der Waals surface area contributed by atoms with Crippen molar-refractivity contribution in [1.82, 2.24) is 0 Å². The summed E-state index contributed by atoms with van der Waals surface area (Å²) in [6.07, 6.45) is 0. The molecule has 3 aromatic rings. The van der Waals surface area contributed by atoms with E-state index >= 15 is 0 Å². The summed E-state index contributed by atoms with van der Waals surface area (Å²) in [5, 5.41) is 1.06. The Balaban J connectivity index is 2.10.